The number of nitro benzene ring substituents is 1. The molecule has 1 aliphatic carbocycles. The van der Waals surface area contributed by atoms with Gasteiger partial charge in [-0.15, -0.1) is 0 Å². The Balaban J connectivity index is 1.56. The Kier molecular flexibility index (Phi) is 8.00. The van der Waals surface area contributed by atoms with Crippen LogP contribution in [0.15, 0.2) is 60.8 Å². The van der Waals surface area contributed by atoms with Gasteiger partial charge < -0.3 is 15.7 Å². The van der Waals surface area contributed by atoms with Gasteiger partial charge in [0.25, 0.3) is 11.6 Å². The topological polar surface area (TPSA) is 139 Å². The number of nitro groups is 1. The van der Waals surface area contributed by atoms with E-state index in [0.717, 1.165) is 54.0 Å². The second-order valence-corrected chi connectivity index (χ2v) is 10.7. The molecule has 4 aromatic rings. The molecule has 1 atom stereocenters. The van der Waals surface area contributed by atoms with Gasteiger partial charge in [-0.2, -0.15) is 0 Å². The fourth-order valence-electron chi connectivity index (χ4n) is 5.70. The number of para-hydroxylation sites is 1. The molecule has 10 heteroatoms. The molecule has 2 heterocycles. The summed E-state index contributed by atoms with van der Waals surface area (Å²) in [6.07, 6.45) is 6.90. The second-order valence-electron chi connectivity index (χ2n) is 10.7. The largest absolute Gasteiger partial charge is 0.481 e. The van der Waals surface area contributed by atoms with Crippen molar-refractivity contribution < 1.29 is 19.6 Å². The monoisotopic (exact) mass is 555 g/mol. The Morgan fingerprint density at radius 2 is 1.78 bits per heavy atom. The maximum Gasteiger partial charge on any atom is 0.305 e. The summed E-state index contributed by atoms with van der Waals surface area (Å²) in [7, 11) is 0. The van der Waals surface area contributed by atoms with Crippen LogP contribution >= 0.6 is 0 Å². The van der Waals surface area contributed by atoms with E-state index in [1.54, 1.807) is 18.2 Å². The summed E-state index contributed by atoms with van der Waals surface area (Å²) >= 11 is 0. The van der Waals surface area contributed by atoms with Gasteiger partial charge in [-0.3, -0.25) is 24.1 Å². The van der Waals surface area contributed by atoms with E-state index < -0.39 is 29.3 Å². The molecule has 2 aromatic heterocycles. The number of hydrogen-bond acceptors (Lipinski definition) is 6. The van der Waals surface area contributed by atoms with Crippen LogP contribution in [0.25, 0.3) is 5.65 Å². The number of imidazole rings is 1. The van der Waals surface area contributed by atoms with Crippen LogP contribution in [-0.2, 0) is 4.79 Å². The molecule has 1 unspecified atom stereocenters. The average Bonchev–Trinajstić information content (AvgIpc) is 3.33. The third kappa shape index (κ3) is 5.91. The van der Waals surface area contributed by atoms with Gasteiger partial charge >= 0.3 is 5.97 Å². The van der Waals surface area contributed by atoms with E-state index in [0.29, 0.717) is 16.8 Å². The Bertz CT molecular complexity index is 1600. The van der Waals surface area contributed by atoms with Gasteiger partial charge in [-0.05, 0) is 55.5 Å². The zero-order valence-electron chi connectivity index (χ0n) is 23.1. The van der Waals surface area contributed by atoms with Crippen molar-refractivity contribution in [3.05, 3.63) is 98.9 Å². The van der Waals surface area contributed by atoms with E-state index >= 15 is 0 Å². The lowest BCUT2D eigenvalue weighted by Crippen LogP contribution is -2.30. The van der Waals surface area contributed by atoms with Crippen molar-refractivity contribution in [1.29, 1.82) is 0 Å². The van der Waals surface area contributed by atoms with Crippen molar-refractivity contribution in [3.8, 4) is 0 Å². The number of aryl methyl sites for hydroxylation is 2. The van der Waals surface area contributed by atoms with E-state index in [-0.39, 0.29) is 11.6 Å². The minimum Gasteiger partial charge on any atom is -0.481 e. The van der Waals surface area contributed by atoms with Gasteiger partial charge in [-0.1, -0.05) is 49.6 Å². The number of hydrogen-bond donors (Lipinski definition) is 3. The highest BCUT2D eigenvalue weighted by Crippen LogP contribution is 2.39. The van der Waals surface area contributed by atoms with Gasteiger partial charge in [0.2, 0.25) is 0 Å². The molecule has 0 radical (unpaired) electrons. The van der Waals surface area contributed by atoms with E-state index in [4.69, 9.17) is 4.98 Å². The molecule has 212 valence electrons. The SMILES string of the molecule is Cc1cccc(C)c1Nc1c(C2CCCCC2)nc2c(C(=O)NC(CC(=O)O)c3cccc([N+](=O)[O-])c3)cccn12. The van der Waals surface area contributed by atoms with Crippen LogP contribution in [0.5, 0.6) is 0 Å². The number of pyridine rings is 1. The number of nitrogens with one attached hydrogen (secondary N) is 2. The number of amides is 1. The first kappa shape index (κ1) is 27.8. The average molecular weight is 556 g/mol. The quantitative estimate of drug-likeness (QED) is 0.156. The molecule has 2 aromatic carbocycles. The summed E-state index contributed by atoms with van der Waals surface area (Å²) < 4.78 is 1.89. The molecular weight excluding hydrogens is 522 g/mol. The molecule has 3 N–H and O–H groups in total. The molecule has 1 saturated carbocycles. The van der Waals surface area contributed by atoms with Gasteiger partial charge in [0.1, 0.15) is 5.82 Å². The Morgan fingerprint density at radius 1 is 1.07 bits per heavy atom. The van der Waals surface area contributed by atoms with Crippen LogP contribution in [0.4, 0.5) is 17.2 Å². The fraction of sp³-hybridized carbons (Fsp3) is 0.323. The summed E-state index contributed by atoms with van der Waals surface area (Å²) in [5, 5.41) is 27.3. The number of rotatable bonds is 9. The first-order valence-electron chi connectivity index (χ1n) is 13.8. The van der Waals surface area contributed by atoms with Crippen LogP contribution in [0.1, 0.15) is 83.2 Å². The minimum absolute atomic E-state index is 0.179. The molecule has 0 bridgehead atoms. The molecule has 10 nitrogen and oxygen atoms in total. The van der Waals surface area contributed by atoms with Crippen molar-refractivity contribution in [2.75, 3.05) is 5.32 Å². The number of aromatic nitrogens is 2. The number of aliphatic carboxylic acids is 1. The Hall–Kier alpha value is -4.73. The summed E-state index contributed by atoms with van der Waals surface area (Å²) in [6, 6.07) is 14.2. The maximum absolute atomic E-state index is 13.7. The zero-order valence-corrected chi connectivity index (χ0v) is 23.1. The van der Waals surface area contributed by atoms with Crippen molar-refractivity contribution >= 4 is 34.7 Å². The lowest BCUT2D eigenvalue weighted by molar-refractivity contribution is -0.384. The van der Waals surface area contributed by atoms with E-state index in [1.165, 1.54) is 24.6 Å². The zero-order chi connectivity index (χ0) is 29.1. The second kappa shape index (κ2) is 11.8. The highest BCUT2D eigenvalue weighted by atomic mass is 16.6. The standard InChI is InChI=1S/C31H33N5O5/c1-19-9-6-10-20(2)27(19)33-30-28(21-11-4-3-5-12-21)34-29-24(15-8-16-35(29)30)31(39)32-25(18-26(37)38)22-13-7-14-23(17-22)36(40)41/h6-10,13-17,21,25,33H,3-5,11-12,18H2,1-2H3,(H,32,39)(H,37,38). The van der Waals surface area contributed by atoms with Crippen LogP contribution in [-0.4, -0.2) is 31.3 Å². The summed E-state index contributed by atoms with van der Waals surface area (Å²) in [5.41, 5.74) is 5.01. The predicted octanol–water partition coefficient (Wildman–Crippen LogP) is 6.60. The van der Waals surface area contributed by atoms with Crippen molar-refractivity contribution in [3.63, 3.8) is 0 Å². The molecule has 0 spiro atoms. The van der Waals surface area contributed by atoms with E-state index in [9.17, 15) is 24.8 Å². The first-order valence-corrected chi connectivity index (χ1v) is 13.8. The van der Waals surface area contributed by atoms with Crippen LogP contribution in [0.2, 0.25) is 0 Å². The lowest BCUT2D eigenvalue weighted by atomic mass is 9.87. The van der Waals surface area contributed by atoms with Crippen LogP contribution < -0.4 is 10.6 Å². The van der Waals surface area contributed by atoms with Crippen molar-refractivity contribution in [1.82, 2.24) is 14.7 Å². The number of carboxylic acids is 1. The van der Waals surface area contributed by atoms with E-state index in [2.05, 4.69) is 10.6 Å². The molecular formula is C31H33N5O5. The molecule has 0 aliphatic heterocycles. The van der Waals surface area contributed by atoms with Crippen LogP contribution in [0.3, 0.4) is 0 Å². The first-order chi connectivity index (χ1) is 19.7. The van der Waals surface area contributed by atoms with Gasteiger partial charge in [0, 0.05) is 29.9 Å². The highest BCUT2D eigenvalue weighted by molar-refractivity contribution is 6.00. The van der Waals surface area contributed by atoms with E-state index in [1.807, 2.05) is 42.6 Å². The molecule has 0 saturated heterocycles. The fourth-order valence-corrected chi connectivity index (χ4v) is 5.70. The number of fused-ring (bicyclic) bond motifs is 1. The third-order valence-electron chi connectivity index (χ3n) is 7.81. The van der Waals surface area contributed by atoms with Gasteiger partial charge in [-0.25, -0.2) is 4.98 Å². The Morgan fingerprint density at radius 3 is 2.46 bits per heavy atom. The van der Waals surface area contributed by atoms with Crippen molar-refractivity contribution in [2.45, 2.75) is 64.3 Å². The summed E-state index contributed by atoms with van der Waals surface area (Å²) in [6.45, 7) is 4.10. The highest BCUT2D eigenvalue weighted by Gasteiger charge is 2.27. The lowest BCUT2D eigenvalue weighted by Gasteiger charge is -2.22. The minimum atomic E-state index is -1.14. The third-order valence-corrected chi connectivity index (χ3v) is 7.81. The van der Waals surface area contributed by atoms with Crippen molar-refractivity contribution in [2.24, 2.45) is 0 Å². The number of carbonyl (C=O) groups excluding carboxylic acids is 1. The molecule has 1 fully saturated rings. The summed E-state index contributed by atoms with van der Waals surface area (Å²) in [4.78, 5) is 41.2. The normalized spacial score (nSPS) is 14.5. The molecule has 41 heavy (non-hydrogen) atoms. The number of carbonyl (C=O) groups is 2. The molecule has 1 aliphatic rings. The number of carboxylic acid groups (broad SMARTS) is 1. The summed E-state index contributed by atoms with van der Waals surface area (Å²) in [5.74, 6) is -0.580. The smallest absolute Gasteiger partial charge is 0.305 e. The maximum atomic E-state index is 13.7. The van der Waals surface area contributed by atoms with Gasteiger partial charge in [0.15, 0.2) is 5.65 Å². The predicted molar refractivity (Wildman–Crippen MR) is 156 cm³/mol. The van der Waals surface area contributed by atoms with Gasteiger partial charge in [0.05, 0.1) is 28.6 Å². The van der Waals surface area contributed by atoms with Crippen LogP contribution in [0, 0.1) is 24.0 Å². The molecule has 1 amide bonds. The number of benzene rings is 2. The number of anilines is 2. The Labute approximate surface area is 237 Å². The number of non-ortho nitro benzene ring substituents is 1. The molecule has 5 rings (SSSR count). The number of nitrogens with zero attached hydrogens (tertiary/aromatic N) is 3.